The van der Waals surface area contributed by atoms with E-state index in [1.165, 1.54) is 13.8 Å². The fourth-order valence-electron chi connectivity index (χ4n) is 3.62. The zero-order valence-electron chi connectivity index (χ0n) is 20.4. The van der Waals surface area contributed by atoms with Gasteiger partial charge in [-0.15, -0.1) is 0 Å². The van der Waals surface area contributed by atoms with Crippen LogP contribution in [0.2, 0.25) is 0 Å². The van der Waals surface area contributed by atoms with Crippen LogP contribution in [0.5, 0.6) is 0 Å². The largest absolute Gasteiger partial charge is 0.462 e. The van der Waals surface area contributed by atoms with Crippen molar-refractivity contribution in [3.8, 4) is 0 Å². The van der Waals surface area contributed by atoms with Gasteiger partial charge in [-0.1, -0.05) is 33.9 Å². The van der Waals surface area contributed by atoms with Gasteiger partial charge in [0, 0.05) is 29.4 Å². The summed E-state index contributed by atoms with van der Waals surface area (Å²) in [5.74, 6) is -1.12. The van der Waals surface area contributed by atoms with Crippen LogP contribution >= 0.6 is 0 Å². The Kier molecular flexibility index (Phi) is 12.3. The molecule has 0 radical (unpaired) electrons. The highest BCUT2D eigenvalue weighted by molar-refractivity contribution is 5.87. The zero-order valence-corrected chi connectivity index (χ0v) is 20.4. The van der Waals surface area contributed by atoms with Gasteiger partial charge in [0.15, 0.2) is 0 Å². The molecule has 0 aliphatic carbocycles. The van der Waals surface area contributed by atoms with E-state index in [1.807, 2.05) is 20.8 Å². The van der Waals surface area contributed by atoms with Crippen molar-refractivity contribution in [3.05, 3.63) is 24.3 Å². The van der Waals surface area contributed by atoms with Crippen molar-refractivity contribution in [1.29, 1.82) is 0 Å². The summed E-state index contributed by atoms with van der Waals surface area (Å²) in [5.41, 5.74) is 8.92. The van der Waals surface area contributed by atoms with Crippen LogP contribution in [-0.4, -0.2) is 49.5 Å². The minimum Gasteiger partial charge on any atom is -0.462 e. The van der Waals surface area contributed by atoms with E-state index in [0.717, 1.165) is 0 Å². The Balaban J connectivity index is 5.73. The van der Waals surface area contributed by atoms with Crippen molar-refractivity contribution >= 4 is 24.1 Å². The van der Waals surface area contributed by atoms with Gasteiger partial charge in [0.1, 0.15) is 5.60 Å². The summed E-state index contributed by atoms with van der Waals surface area (Å²) in [5, 5.41) is 0. The van der Waals surface area contributed by atoms with Gasteiger partial charge in [0.05, 0.1) is 19.8 Å². The molecule has 0 rings (SSSR count). The summed E-state index contributed by atoms with van der Waals surface area (Å²) in [4.78, 5) is 46.4. The molecule has 0 aromatic heterocycles. The average Bonchev–Trinajstić information content (AvgIpc) is 2.65. The topological polar surface area (TPSA) is 157 Å². The van der Waals surface area contributed by atoms with Crippen LogP contribution in [0.15, 0.2) is 24.3 Å². The van der Waals surface area contributed by atoms with Crippen LogP contribution in [0.4, 0.5) is 9.59 Å². The fourth-order valence-corrected chi connectivity index (χ4v) is 3.62. The van der Waals surface area contributed by atoms with Gasteiger partial charge < -0.3 is 30.4 Å². The van der Waals surface area contributed by atoms with Gasteiger partial charge in [-0.25, -0.2) is 19.2 Å². The number of esters is 2. The third kappa shape index (κ3) is 10.9. The Morgan fingerprint density at radius 3 is 1.64 bits per heavy atom. The van der Waals surface area contributed by atoms with Crippen molar-refractivity contribution in [3.63, 3.8) is 0 Å². The Morgan fingerprint density at radius 1 is 0.818 bits per heavy atom. The van der Waals surface area contributed by atoms with E-state index in [1.54, 1.807) is 0 Å². The van der Waals surface area contributed by atoms with Crippen molar-refractivity contribution < 1.29 is 38.1 Å². The van der Waals surface area contributed by atoms with E-state index >= 15 is 0 Å². The summed E-state index contributed by atoms with van der Waals surface area (Å²) < 4.78 is 20.9. The molecule has 33 heavy (non-hydrogen) atoms. The van der Waals surface area contributed by atoms with Gasteiger partial charge in [-0.05, 0) is 32.6 Å². The summed E-state index contributed by atoms with van der Waals surface area (Å²) >= 11 is 0. The number of rotatable bonds is 15. The highest BCUT2D eigenvalue weighted by Gasteiger charge is 2.48. The second-order valence-corrected chi connectivity index (χ2v) is 8.90. The SMILES string of the molecule is C=C(C)C(=O)OCCC(CCOC(=O)C(=C)C)(OC(N)=O)C(C)(C)CC(C)CCOC(N)=O. The van der Waals surface area contributed by atoms with Crippen LogP contribution < -0.4 is 11.5 Å². The molecule has 2 amide bonds. The predicted octanol–water partition coefficient (Wildman–Crippen LogP) is 3.38. The third-order valence-corrected chi connectivity index (χ3v) is 5.42. The van der Waals surface area contributed by atoms with E-state index in [2.05, 4.69) is 13.2 Å². The maximum atomic E-state index is 11.9. The molecule has 0 bridgehead atoms. The Hall–Kier alpha value is -3.04. The number of nitrogens with two attached hydrogens (primary N) is 2. The number of hydrogen-bond donors (Lipinski definition) is 2. The van der Waals surface area contributed by atoms with Crippen molar-refractivity contribution in [2.45, 2.75) is 65.9 Å². The van der Waals surface area contributed by atoms with E-state index in [4.69, 9.17) is 30.4 Å². The number of carbonyl (C=O) groups excluding carboxylic acids is 4. The van der Waals surface area contributed by atoms with Crippen molar-refractivity contribution in [1.82, 2.24) is 0 Å². The lowest BCUT2D eigenvalue weighted by atomic mass is 9.66. The van der Waals surface area contributed by atoms with E-state index in [-0.39, 0.29) is 49.7 Å². The van der Waals surface area contributed by atoms with E-state index in [0.29, 0.717) is 12.8 Å². The molecular formula is C23H38N2O8. The predicted molar refractivity (Wildman–Crippen MR) is 122 cm³/mol. The molecule has 0 aromatic rings. The van der Waals surface area contributed by atoms with E-state index in [9.17, 15) is 19.2 Å². The average molecular weight is 471 g/mol. The smallest absolute Gasteiger partial charge is 0.405 e. The third-order valence-electron chi connectivity index (χ3n) is 5.42. The highest BCUT2D eigenvalue weighted by atomic mass is 16.6. The quantitative estimate of drug-likeness (QED) is 0.209. The maximum absolute atomic E-state index is 11.9. The number of hydrogen-bond acceptors (Lipinski definition) is 8. The summed E-state index contributed by atoms with van der Waals surface area (Å²) in [6.07, 6.45) is -0.606. The Labute approximate surface area is 195 Å². The van der Waals surface area contributed by atoms with E-state index < -0.39 is 35.1 Å². The number of ether oxygens (including phenoxy) is 4. The lowest BCUT2D eigenvalue weighted by Crippen LogP contribution is -2.52. The molecule has 0 saturated heterocycles. The molecule has 0 aliphatic heterocycles. The lowest BCUT2D eigenvalue weighted by Gasteiger charge is -2.46. The van der Waals surface area contributed by atoms with Gasteiger partial charge in [-0.3, -0.25) is 0 Å². The first-order valence-electron chi connectivity index (χ1n) is 10.7. The normalized spacial score (nSPS) is 12.3. The van der Waals surface area contributed by atoms with Crippen LogP contribution in [0.1, 0.15) is 60.3 Å². The molecule has 0 heterocycles. The zero-order chi connectivity index (χ0) is 25.8. The lowest BCUT2D eigenvalue weighted by molar-refractivity contribution is -0.149. The molecule has 0 spiro atoms. The first-order valence-corrected chi connectivity index (χ1v) is 10.7. The molecular weight excluding hydrogens is 432 g/mol. The Morgan fingerprint density at radius 2 is 1.27 bits per heavy atom. The van der Waals surface area contributed by atoms with Crippen LogP contribution in [0, 0.1) is 11.3 Å². The molecule has 0 aromatic carbocycles. The van der Waals surface area contributed by atoms with Crippen LogP contribution in [-0.2, 0) is 28.5 Å². The molecule has 0 fully saturated rings. The second kappa shape index (κ2) is 13.5. The summed E-state index contributed by atoms with van der Waals surface area (Å²) in [6, 6.07) is 0. The number of primary amides is 2. The van der Waals surface area contributed by atoms with Crippen LogP contribution in [0.3, 0.4) is 0 Å². The molecule has 1 unspecified atom stereocenters. The van der Waals surface area contributed by atoms with Crippen molar-refractivity contribution in [2.24, 2.45) is 22.8 Å². The van der Waals surface area contributed by atoms with Gasteiger partial charge in [-0.2, -0.15) is 0 Å². The van der Waals surface area contributed by atoms with Gasteiger partial charge in [0.2, 0.25) is 0 Å². The maximum Gasteiger partial charge on any atom is 0.405 e. The molecule has 10 nitrogen and oxygen atoms in total. The monoisotopic (exact) mass is 470 g/mol. The van der Waals surface area contributed by atoms with Crippen molar-refractivity contribution in [2.75, 3.05) is 19.8 Å². The number of carbonyl (C=O) groups is 4. The number of amides is 2. The summed E-state index contributed by atoms with van der Waals surface area (Å²) in [6.45, 7) is 15.8. The molecule has 10 heteroatoms. The first-order chi connectivity index (χ1) is 15.1. The Bertz CT molecular complexity index is 713. The van der Waals surface area contributed by atoms with Crippen LogP contribution in [0.25, 0.3) is 0 Å². The summed E-state index contributed by atoms with van der Waals surface area (Å²) in [7, 11) is 0. The minimum absolute atomic E-state index is 0.0335. The molecule has 1 atom stereocenters. The van der Waals surface area contributed by atoms with Gasteiger partial charge >= 0.3 is 24.1 Å². The molecule has 0 saturated carbocycles. The first kappa shape index (κ1) is 30.0. The standard InChI is InChI=1S/C23H38N2O8/c1-15(2)18(26)30-12-9-23(33-21(25)29,10-13-31-19(27)16(3)4)22(6,7)14-17(5)8-11-32-20(24)28/h17H,1,3,8-14H2,2,4-7H3,(H2,24,28)(H2,25,29). The molecule has 188 valence electrons. The highest BCUT2D eigenvalue weighted by Crippen LogP contribution is 2.45. The minimum atomic E-state index is -1.23. The second-order valence-electron chi connectivity index (χ2n) is 8.90. The van der Waals surface area contributed by atoms with Gasteiger partial charge in [0.25, 0.3) is 0 Å². The molecule has 0 aliphatic rings. The molecule has 4 N–H and O–H groups in total. The fraction of sp³-hybridized carbons (Fsp3) is 0.652.